The Kier molecular flexibility index (Phi) is 3.10. The smallest absolute Gasteiger partial charge is 0.193 e. The molecule has 0 radical (unpaired) electrons. The molecule has 0 N–H and O–H groups in total. The third-order valence-corrected chi connectivity index (χ3v) is 4.55. The van der Waals surface area contributed by atoms with Crippen molar-refractivity contribution in [3.63, 3.8) is 0 Å². The van der Waals surface area contributed by atoms with E-state index in [1.807, 2.05) is 0 Å². The van der Waals surface area contributed by atoms with Crippen molar-refractivity contribution in [3.8, 4) is 0 Å². The Morgan fingerprint density at radius 1 is 0.773 bits per heavy atom. The first kappa shape index (κ1) is 13.6. The Bertz CT molecular complexity index is 695. The molecule has 1 nitrogen and oxygen atoms in total. The largest absolute Gasteiger partial charge is 0.289 e. The van der Waals surface area contributed by atoms with Gasteiger partial charge in [0.15, 0.2) is 5.78 Å². The van der Waals surface area contributed by atoms with Crippen LogP contribution < -0.4 is 0 Å². The Labute approximate surface area is 128 Å². The Hall–Kier alpha value is -2.03. The van der Waals surface area contributed by atoms with Gasteiger partial charge in [0, 0.05) is 11.1 Å². The molecule has 0 amide bonds. The molecule has 2 aliphatic carbocycles. The third kappa shape index (κ3) is 2.45. The van der Waals surface area contributed by atoms with Gasteiger partial charge in [-0.1, -0.05) is 0 Å². The van der Waals surface area contributed by atoms with Gasteiger partial charge in [0.1, 0.15) is 11.6 Å². The summed E-state index contributed by atoms with van der Waals surface area (Å²) in [5.41, 5.74) is 2.74. The maximum Gasteiger partial charge on any atom is 0.193 e. The van der Waals surface area contributed by atoms with Gasteiger partial charge in [-0.25, -0.2) is 8.78 Å². The molecule has 3 heteroatoms. The van der Waals surface area contributed by atoms with Crippen LogP contribution in [-0.2, 0) is 0 Å². The number of halogens is 2. The molecular formula is C19H16F2O. The number of hydrogen-bond acceptors (Lipinski definition) is 1. The summed E-state index contributed by atoms with van der Waals surface area (Å²) in [6.07, 6.45) is 4.01. The lowest BCUT2D eigenvalue weighted by atomic mass is 9.91. The molecule has 0 bridgehead atoms. The molecule has 2 fully saturated rings. The van der Waals surface area contributed by atoms with E-state index in [1.54, 1.807) is 12.1 Å². The van der Waals surface area contributed by atoms with Gasteiger partial charge in [-0.15, -0.1) is 0 Å². The summed E-state index contributed by atoms with van der Waals surface area (Å²) < 4.78 is 27.0. The van der Waals surface area contributed by atoms with Crippen molar-refractivity contribution in [3.05, 3.63) is 70.3 Å². The monoisotopic (exact) mass is 296 g/mol. The zero-order valence-corrected chi connectivity index (χ0v) is 12.1. The van der Waals surface area contributed by atoms with Crippen LogP contribution in [0, 0.1) is 11.6 Å². The van der Waals surface area contributed by atoms with Gasteiger partial charge in [-0.3, -0.25) is 4.79 Å². The highest BCUT2D eigenvalue weighted by molar-refractivity contribution is 6.11. The van der Waals surface area contributed by atoms with Crippen molar-refractivity contribution >= 4 is 5.78 Å². The molecule has 22 heavy (non-hydrogen) atoms. The lowest BCUT2D eigenvalue weighted by Gasteiger charge is -2.12. The summed E-state index contributed by atoms with van der Waals surface area (Å²) in [5, 5.41) is 0. The number of ketones is 1. The van der Waals surface area contributed by atoms with E-state index >= 15 is 0 Å². The second kappa shape index (κ2) is 5.01. The number of carbonyl (C=O) groups is 1. The van der Waals surface area contributed by atoms with Crippen LogP contribution in [0.2, 0.25) is 0 Å². The lowest BCUT2D eigenvalue weighted by Crippen LogP contribution is -2.08. The van der Waals surface area contributed by atoms with Crippen LogP contribution in [0.15, 0.2) is 36.4 Å². The number of benzene rings is 2. The van der Waals surface area contributed by atoms with Crippen LogP contribution in [0.4, 0.5) is 8.78 Å². The summed E-state index contributed by atoms with van der Waals surface area (Å²) in [6.45, 7) is 0. The molecule has 0 aliphatic heterocycles. The van der Waals surface area contributed by atoms with Gasteiger partial charge in [0.05, 0.1) is 0 Å². The van der Waals surface area contributed by atoms with Crippen LogP contribution in [-0.4, -0.2) is 5.78 Å². The molecule has 0 atom stereocenters. The molecule has 0 saturated heterocycles. The topological polar surface area (TPSA) is 17.1 Å². The third-order valence-electron chi connectivity index (χ3n) is 4.55. The Balaban J connectivity index is 1.79. The van der Waals surface area contributed by atoms with E-state index in [1.165, 1.54) is 24.3 Å². The fourth-order valence-corrected chi connectivity index (χ4v) is 3.09. The van der Waals surface area contributed by atoms with E-state index in [0.717, 1.165) is 36.8 Å². The fourth-order valence-electron chi connectivity index (χ4n) is 3.09. The van der Waals surface area contributed by atoms with Crippen molar-refractivity contribution in [2.75, 3.05) is 0 Å². The maximum absolute atomic E-state index is 13.5. The summed E-state index contributed by atoms with van der Waals surface area (Å²) in [7, 11) is 0. The van der Waals surface area contributed by atoms with E-state index in [4.69, 9.17) is 0 Å². The number of rotatable bonds is 4. The minimum absolute atomic E-state index is 0.108. The summed E-state index contributed by atoms with van der Waals surface area (Å²) in [5.74, 6) is -0.136. The van der Waals surface area contributed by atoms with Crippen molar-refractivity contribution in [1.82, 2.24) is 0 Å². The van der Waals surface area contributed by atoms with E-state index in [0.29, 0.717) is 23.0 Å². The second-order valence-electron chi connectivity index (χ2n) is 6.34. The SMILES string of the molecule is O=C(c1ccc([18F])cc1C1CC1)c1ccc([18F])cc1C1CC1. The van der Waals surface area contributed by atoms with Crippen LogP contribution in [0.3, 0.4) is 0 Å². The Morgan fingerprint density at radius 3 is 1.55 bits per heavy atom. The maximum atomic E-state index is 13.5. The standard InChI is InChI=1S/C19H16F2O/c20-13-5-7-15(17(9-13)11-1-2-11)19(22)16-8-6-14(21)10-18(16)12-3-4-12/h5-12H,1-4H2/i20-1,21-1. The van der Waals surface area contributed by atoms with Gasteiger partial charge in [0.2, 0.25) is 0 Å². The normalized spacial score (nSPS) is 17.5. The highest BCUT2D eigenvalue weighted by Gasteiger charge is 2.32. The van der Waals surface area contributed by atoms with Gasteiger partial charge in [-0.05, 0) is 85.0 Å². The summed E-state index contributed by atoms with van der Waals surface area (Å²) in [6, 6.07) is 8.77. The first-order valence-electron chi connectivity index (χ1n) is 7.77. The first-order chi connectivity index (χ1) is 10.6. The van der Waals surface area contributed by atoms with E-state index in [2.05, 4.69) is 0 Å². The van der Waals surface area contributed by atoms with E-state index in [9.17, 15) is 13.6 Å². The minimum Gasteiger partial charge on any atom is -0.289 e. The molecule has 112 valence electrons. The molecule has 0 aromatic heterocycles. The van der Waals surface area contributed by atoms with Crippen molar-refractivity contribution < 1.29 is 13.6 Å². The molecule has 2 aliphatic rings. The number of carbonyl (C=O) groups excluding carboxylic acids is 1. The molecule has 2 aromatic carbocycles. The average molecular weight is 296 g/mol. The molecule has 0 unspecified atom stereocenters. The summed E-state index contributed by atoms with van der Waals surface area (Å²) in [4.78, 5) is 12.9. The summed E-state index contributed by atoms with van der Waals surface area (Å²) >= 11 is 0. The van der Waals surface area contributed by atoms with Gasteiger partial charge < -0.3 is 0 Å². The zero-order valence-electron chi connectivity index (χ0n) is 12.1. The van der Waals surface area contributed by atoms with Crippen LogP contribution >= 0.6 is 0 Å². The van der Waals surface area contributed by atoms with E-state index in [-0.39, 0.29) is 17.4 Å². The molecule has 0 spiro atoms. The molecular weight excluding hydrogens is 280 g/mol. The predicted molar refractivity (Wildman–Crippen MR) is 80.2 cm³/mol. The van der Waals surface area contributed by atoms with Crippen LogP contribution in [0.25, 0.3) is 0 Å². The van der Waals surface area contributed by atoms with Crippen LogP contribution in [0.5, 0.6) is 0 Å². The van der Waals surface area contributed by atoms with E-state index < -0.39 is 0 Å². The van der Waals surface area contributed by atoms with Gasteiger partial charge in [0.25, 0.3) is 0 Å². The molecule has 2 saturated carbocycles. The first-order valence-corrected chi connectivity index (χ1v) is 7.77. The van der Waals surface area contributed by atoms with Crippen molar-refractivity contribution in [1.29, 1.82) is 0 Å². The van der Waals surface area contributed by atoms with Crippen molar-refractivity contribution in [2.24, 2.45) is 0 Å². The van der Waals surface area contributed by atoms with Crippen molar-refractivity contribution in [2.45, 2.75) is 37.5 Å². The van der Waals surface area contributed by atoms with Crippen LogP contribution in [0.1, 0.15) is 64.6 Å². The zero-order chi connectivity index (χ0) is 15.3. The number of hydrogen-bond donors (Lipinski definition) is 0. The highest BCUT2D eigenvalue weighted by Crippen LogP contribution is 2.44. The van der Waals surface area contributed by atoms with Gasteiger partial charge in [-0.2, -0.15) is 0 Å². The van der Waals surface area contributed by atoms with Gasteiger partial charge >= 0.3 is 0 Å². The Morgan fingerprint density at radius 2 is 1.18 bits per heavy atom. The molecule has 4 rings (SSSR count). The molecule has 2 aromatic rings. The second-order valence-corrected chi connectivity index (χ2v) is 6.34. The average Bonchev–Trinajstić information content (AvgIpc) is 3.40. The highest BCUT2D eigenvalue weighted by atomic mass is 18.2. The quantitative estimate of drug-likeness (QED) is 0.729. The minimum atomic E-state index is -0.306. The lowest BCUT2D eigenvalue weighted by molar-refractivity contribution is 0.103. The fraction of sp³-hybridized carbons (Fsp3) is 0.316. The molecule has 0 heterocycles. The predicted octanol–water partition coefficient (Wildman–Crippen LogP) is 4.95.